The number of aliphatic hydroxyl groups excluding tert-OH is 1. The number of amides is 1. The van der Waals surface area contributed by atoms with Gasteiger partial charge < -0.3 is 15.7 Å². The van der Waals surface area contributed by atoms with Crippen LogP contribution < -0.4 is 5.73 Å². The summed E-state index contributed by atoms with van der Waals surface area (Å²) in [5, 5.41) is 9.04. The molecule has 0 aromatic carbocycles. The van der Waals surface area contributed by atoms with Crippen molar-refractivity contribution in [1.82, 2.24) is 4.90 Å². The maximum Gasteiger partial charge on any atom is 0.223 e. The number of nitrogens with two attached hydrogens (primary N) is 1. The third-order valence-corrected chi connectivity index (χ3v) is 1.93. The average Bonchev–Trinajstić information content (AvgIpc) is 2.02. The van der Waals surface area contributed by atoms with Crippen LogP contribution in [-0.4, -0.2) is 41.7 Å². The largest absolute Gasteiger partial charge is 0.392 e. The second-order valence-electron chi connectivity index (χ2n) is 3.50. The highest BCUT2D eigenvalue weighted by molar-refractivity contribution is 5.76. The molecule has 2 atom stereocenters. The zero-order valence-electron chi connectivity index (χ0n) is 8.66. The van der Waals surface area contributed by atoms with Gasteiger partial charge in [0, 0.05) is 26.1 Å². The van der Waals surface area contributed by atoms with Crippen molar-refractivity contribution >= 4 is 5.91 Å². The minimum atomic E-state index is -0.480. The summed E-state index contributed by atoms with van der Waals surface area (Å²) in [4.78, 5) is 12.9. The monoisotopic (exact) mass is 188 g/mol. The maximum absolute atomic E-state index is 11.4. The summed E-state index contributed by atoms with van der Waals surface area (Å²) in [5.41, 5.74) is 5.63. The lowest BCUT2D eigenvalue weighted by Gasteiger charge is -2.20. The molecule has 1 amide bonds. The molecule has 0 aromatic heterocycles. The van der Waals surface area contributed by atoms with E-state index in [0.29, 0.717) is 13.0 Å². The molecule has 0 aliphatic heterocycles. The first kappa shape index (κ1) is 12.4. The van der Waals surface area contributed by atoms with Crippen molar-refractivity contribution in [3.8, 4) is 0 Å². The zero-order chi connectivity index (χ0) is 10.4. The van der Waals surface area contributed by atoms with Crippen molar-refractivity contribution in [3.05, 3.63) is 0 Å². The second kappa shape index (κ2) is 5.94. The molecule has 3 N–H and O–H groups in total. The number of likely N-dealkylation sites (N-methyl/N-ethyl adjacent to an activating group) is 1. The van der Waals surface area contributed by atoms with Crippen LogP contribution in [0.5, 0.6) is 0 Å². The third-order valence-electron chi connectivity index (χ3n) is 1.93. The fourth-order valence-corrected chi connectivity index (χ4v) is 1.02. The highest BCUT2D eigenvalue weighted by Gasteiger charge is 2.13. The lowest BCUT2D eigenvalue weighted by Crippen LogP contribution is -2.36. The van der Waals surface area contributed by atoms with Crippen molar-refractivity contribution < 1.29 is 9.90 Å². The molecule has 4 nitrogen and oxygen atoms in total. The molecule has 4 heteroatoms. The first-order valence-corrected chi connectivity index (χ1v) is 4.65. The van der Waals surface area contributed by atoms with E-state index < -0.39 is 6.10 Å². The summed E-state index contributed by atoms with van der Waals surface area (Å²) in [5.74, 6) is -0.00440. The van der Waals surface area contributed by atoms with E-state index in [1.807, 2.05) is 6.92 Å². The van der Waals surface area contributed by atoms with E-state index >= 15 is 0 Å². The Morgan fingerprint density at radius 3 is 2.54 bits per heavy atom. The quantitative estimate of drug-likeness (QED) is 0.636. The summed E-state index contributed by atoms with van der Waals surface area (Å²) in [6, 6.07) is -0.0658. The predicted octanol–water partition coefficient (Wildman–Crippen LogP) is -0.0470. The minimum Gasteiger partial charge on any atom is -0.392 e. The lowest BCUT2D eigenvalue weighted by molar-refractivity contribution is -0.131. The summed E-state index contributed by atoms with van der Waals surface area (Å²) in [6.07, 6.45) is 0.681. The smallest absolute Gasteiger partial charge is 0.223 e. The van der Waals surface area contributed by atoms with Crippen molar-refractivity contribution in [2.75, 3.05) is 13.6 Å². The first-order valence-electron chi connectivity index (χ1n) is 4.65. The molecule has 0 saturated heterocycles. The Labute approximate surface area is 79.7 Å². The molecule has 0 aromatic rings. The van der Waals surface area contributed by atoms with E-state index in [1.54, 1.807) is 14.0 Å². The van der Waals surface area contributed by atoms with Crippen molar-refractivity contribution in [1.29, 1.82) is 0 Å². The van der Waals surface area contributed by atoms with Crippen molar-refractivity contribution in [2.24, 2.45) is 5.73 Å². The summed E-state index contributed by atoms with van der Waals surface area (Å²) >= 11 is 0. The molecule has 0 saturated carbocycles. The molecule has 0 heterocycles. The van der Waals surface area contributed by atoms with Gasteiger partial charge in [-0.2, -0.15) is 0 Å². The van der Waals surface area contributed by atoms with E-state index in [4.69, 9.17) is 10.8 Å². The van der Waals surface area contributed by atoms with Crippen LogP contribution in [0, 0.1) is 0 Å². The van der Waals surface area contributed by atoms with Gasteiger partial charge in [-0.25, -0.2) is 0 Å². The number of hydrogen-bond donors (Lipinski definition) is 2. The van der Waals surface area contributed by atoms with Gasteiger partial charge in [-0.3, -0.25) is 4.79 Å². The van der Waals surface area contributed by atoms with Crippen LogP contribution >= 0.6 is 0 Å². The fourth-order valence-electron chi connectivity index (χ4n) is 1.02. The number of carbonyl (C=O) groups is 1. The van der Waals surface area contributed by atoms with Gasteiger partial charge in [0.25, 0.3) is 0 Å². The zero-order valence-corrected chi connectivity index (χ0v) is 8.66. The second-order valence-corrected chi connectivity index (χ2v) is 3.50. The van der Waals surface area contributed by atoms with Gasteiger partial charge in [-0.15, -0.1) is 0 Å². The Hall–Kier alpha value is -0.610. The third kappa shape index (κ3) is 5.60. The summed E-state index contributed by atoms with van der Waals surface area (Å²) in [6.45, 7) is 3.98. The van der Waals surface area contributed by atoms with Gasteiger partial charge in [-0.05, 0) is 13.3 Å². The molecular formula is C9H20N2O2. The van der Waals surface area contributed by atoms with Crippen LogP contribution in [0.4, 0.5) is 0 Å². The maximum atomic E-state index is 11.4. The first-order chi connectivity index (χ1) is 5.97. The topological polar surface area (TPSA) is 66.6 Å². The van der Waals surface area contributed by atoms with Crippen molar-refractivity contribution in [3.63, 3.8) is 0 Å². The molecule has 2 unspecified atom stereocenters. The van der Waals surface area contributed by atoms with Gasteiger partial charge in [0.05, 0.1) is 6.10 Å². The van der Waals surface area contributed by atoms with E-state index in [2.05, 4.69) is 0 Å². The average molecular weight is 188 g/mol. The number of nitrogens with zero attached hydrogens (tertiary/aromatic N) is 1. The van der Waals surface area contributed by atoms with Crippen LogP contribution in [0.1, 0.15) is 26.7 Å². The van der Waals surface area contributed by atoms with Gasteiger partial charge in [0.15, 0.2) is 0 Å². The molecule has 13 heavy (non-hydrogen) atoms. The Morgan fingerprint density at radius 2 is 2.15 bits per heavy atom. The molecular weight excluding hydrogens is 168 g/mol. The lowest BCUT2D eigenvalue weighted by atomic mass is 10.1. The normalized spacial score (nSPS) is 15.2. The Bertz CT molecular complexity index is 160. The predicted molar refractivity (Wildman–Crippen MR) is 52.2 cm³/mol. The van der Waals surface area contributed by atoms with Gasteiger partial charge in [0.1, 0.15) is 0 Å². The number of carbonyl (C=O) groups excluding carboxylic acids is 1. The molecule has 0 aliphatic rings. The molecule has 0 fully saturated rings. The summed E-state index contributed by atoms with van der Waals surface area (Å²) < 4.78 is 0. The highest BCUT2D eigenvalue weighted by atomic mass is 16.3. The molecule has 78 valence electrons. The van der Waals surface area contributed by atoms with Crippen LogP contribution in [0.3, 0.4) is 0 Å². The fraction of sp³-hybridized carbons (Fsp3) is 0.889. The molecule has 0 rings (SSSR count). The van der Waals surface area contributed by atoms with E-state index in [9.17, 15) is 4.79 Å². The van der Waals surface area contributed by atoms with E-state index in [1.165, 1.54) is 4.90 Å². The number of aliphatic hydroxyl groups is 1. The standard InChI is InChI=1S/C9H20N2O2/c1-4-8(10)5-9(13)11(3)6-7(2)12/h7-8,12H,4-6,10H2,1-3H3. The van der Waals surface area contributed by atoms with Gasteiger partial charge in [-0.1, -0.05) is 6.92 Å². The van der Waals surface area contributed by atoms with Crippen LogP contribution in [-0.2, 0) is 4.79 Å². The molecule has 0 radical (unpaired) electrons. The highest BCUT2D eigenvalue weighted by Crippen LogP contribution is 1.99. The van der Waals surface area contributed by atoms with E-state index in [-0.39, 0.29) is 11.9 Å². The van der Waals surface area contributed by atoms with Crippen LogP contribution in [0.25, 0.3) is 0 Å². The Morgan fingerprint density at radius 1 is 1.62 bits per heavy atom. The minimum absolute atomic E-state index is 0.00440. The molecule has 0 bridgehead atoms. The van der Waals surface area contributed by atoms with Gasteiger partial charge in [0.2, 0.25) is 5.91 Å². The van der Waals surface area contributed by atoms with Crippen molar-refractivity contribution in [2.45, 2.75) is 38.8 Å². The van der Waals surface area contributed by atoms with Gasteiger partial charge >= 0.3 is 0 Å². The SMILES string of the molecule is CCC(N)CC(=O)N(C)CC(C)O. The van der Waals surface area contributed by atoms with E-state index in [0.717, 1.165) is 6.42 Å². The molecule has 0 spiro atoms. The Balaban J connectivity index is 3.82. The van der Waals surface area contributed by atoms with Crippen LogP contribution in [0.15, 0.2) is 0 Å². The molecule has 0 aliphatic carbocycles. The Kier molecular flexibility index (Phi) is 5.66. The number of rotatable bonds is 5. The van der Waals surface area contributed by atoms with Crippen LogP contribution in [0.2, 0.25) is 0 Å². The number of hydrogen-bond acceptors (Lipinski definition) is 3. The summed E-state index contributed by atoms with van der Waals surface area (Å²) in [7, 11) is 1.68.